The van der Waals surface area contributed by atoms with E-state index in [1.807, 2.05) is 0 Å². The molecule has 0 aliphatic carbocycles. The van der Waals surface area contributed by atoms with Crippen LogP contribution >= 0.6 is 15.9 Å². The van der Waals surface area contributed by atoms with Crippen LogP contribution in [0.3, 0.4) is 0 Å². The highest BCUT2D eigenvalue weighted by Crippen LogP contribution is 2.53. The first-order valence-electron chi connectivity index (χ1n) is 9.97. The van der Waals surface area contributed by atoms with E-state index in [0.717, 1.165) is 17.3 Å². The molecule has 5 rings (SSSR count). The lowest BCUT2D eigenvalue weighted by Gasteiger charge is -2.30. The molecule has 4 aliphatic rings. The van der Waals surface area contributed by atoms with Crippen molar-refractivity contribution in [2.45, 2.75) is 36.9 Å². The second-order valence-corrected chi connectivity index (χ2v) is 9.21. The van der Waals surface area contributed by atoms with E-state index in [4.69, 9.17) is 10.5 Å². The zero-order chi connectivity index (χ0) is 21.2. The van der Waals surface area contributed by atoms with Crippen molar-refractivity contribution in [2.75, 3.05) is 18.5 Å². The van der Waals surface area contributed by atoms with E-state index in [2.05, 4.69) is 26.6 Å². The number of rotatable bonds is 4. The van der Waals surface area contributed by atoms with E-state index in [1.165, 1.54) is 4.90 Å². The standard InChI is InChI=1S/C20H21BrN4O5/c21-9-3-4-12-11(6-9)20(19(29)23-12)16-15(13(24-20)7-14(22)26)17(27)25(18(16)28)8-10-2-1-5-30-10/h3-4,6,10,13,15-16,24H,1-2,5,7-8H2,(H2,22,26)(H,23,29). The number of carbonyl (C=O) groups is 4. The first-order valence-corrected chi connectivity index (χ1v) is 10.8. The van der Waals surface area contributed by atoms with Crippen molar-refractivity contribution in [3.63, 3.8) is 0 Å². The van der Waals surface area contributed by atoms with Gasteiger partial charge in [-0.25, -0.2) is 0 Å². The van der Waals surface area contributed by atoms with Crippen LogP contribution in [0.15, 0.2) is 22.7 Å². The lowest BCUT2D eigenvalue weighted by atomic mass is 9.76. The molecule has 10 heteroatoms. The van der Waals surface area contributed by atoms with Crippen LogP contribution in [0.25, 0.3) is 0 Å². The molecule has 3 fully saturated rings. The number of halogens is 1. The number of likely N-dealkylation sites (tertiary alicyclic amines) is 1. The molecule has 5 atom stereocenters. The van der Waals surface area contributed by atoms with Crippen LogP contribution in [0, 0.1) is 11.8 Å². The van der Waals surface area contributed by atoms with Crippen LogP contribution in [-0.2, 0) is 29.5 Å². The van der Waals surface area contributed by atoms with Crippen molar-refractivity contribution >= 4 is 45.2 Å². The normalized spacial score (nSPS) is 34.6. The highest BCUT2D eigenvalue weighted by molar-refractivity contribution is 9.10. The Morgan fingerprint density at radius 2 is 2.10 bits per heavy atom. The van der Waals surface area contributed by atoms with Crippen LogP contribution < -0.4 is 16.4 Å². The van der Waals surface area contributed by atoms with Gasteiger partial charge in [-0.15, -0.1) is 0 Å². The maximum Gasteiger partial charge on any atom is 0.250 e. The number of primary amides is 1. The second kappa shape index (κ2) is 6.86. The lowest BCUT2D eigenvalue weighted by Crippen LogP contribution is -2.54. The first-order chi connectivity index (χ1) is 14.3. The summed E-state index contributed by atoms with van der Waals surface area (Å²) in [6.45, 7) is 0.768. The molecule has 3 saturated heterocycles. The third-order valence-corrected chi connectivity index (χ3v) is 7.09. The van der Waals surface area contributed by atoms with E-state index in [-0.39, 0.29) is 25.0 Å². The summed E-state index contributed by atoms with van der Waals surface area (Å²) in [5.74, 6) is -3.60. The minimum atomic E-state index is -1.43. The van der Waals surface area contributed by atoms with Crippen molar-refractivity contribution in [3.8, 4) is 0 Å². The van der Waals surface area contributed by atoms with E-state index in [9.17, 15) is 19.2 Å². The number of amides is 4. The molecule has 5 unspecified atom stereocenters. The van der Waals surface area contributed by atoms with Crippen molar-refractivity contribution in [3.05, 3.63) is 28.2 Å². The molecule has 0 bridgehead atoms. The van der Waals surface area contributed by atoms with Gasteiger partial charge >= 0.3 is 0 Å². The van der Waals surface area contributed by atoms with Gasteiger partial charge in [0.05, 0.1) is 24.5 Å². The van der Waals surface area contributed by atoms with E-state index < -0.39 is 41.1 Å². The number of carbonyl (C=O) groups excluding carboxylic acids is 4. The molecule has 4 N–H and O–H groups in total. The van der Waals surface area contributed by atoms with Gasteiger partial charge in [0.1, 0.15) is 5.54 Å². The van der Waals surface area contributed by atoms with Gasteiger partial charge in [-0.3, -0.25) is 29.4 Å². The number of nitrogens with two attached hydrogens (primary N) is 1. The van der Waals surface area contributed by atoms with Gasteiger partial charge in [-0.05, 0) is 31.0 Å². The summed E-state index contributed by atoms with van der Waals surface area (Å²) in [6, 6.07) is 4.59. The predicted molar refractivity (Wildman–Crippen MR) is 108 cm³/mol. The molecule has 1 spiro atoms. The summed E-state index contributed by atoms with van der Waals surface area (Å²) >= 11 is 3.42. The summed E-state index contributed by atoms with van der Waals surface area (Å²) in [6.07, 6.45) is 1.31. The van der Waals surface area contributed by atoms with Crippen molar-refractivity contribution in [1.82, 2.24) is 10.2 Å². The Kier molecular flexibility index (Phi) is 4.49. The molecule has 0 aromatic heterocycles. The smallest absolute Gasteiger partial charge is 0.250 e. The Bertz CT molecular complexity index is 978. The monoisotopic (exact) mass is 476 g/mol. The summed E-state index contributed by atoms with van der Waals surface area (Å²) < 4.78 is 6.35. The van der Waals surface area contributed by atoms with Gasteiger partial charge in [0.15, 0.2) is 0 Å². The first kappa shape index (κ1) is 19.7. The quantitative estimate of drug-likeness (QED) is 0.532. The van der Waals surface area contributed by atoms with Gasteiger partial charge in [0.25, 0.3) is 0 Å². The third kappa shape index (κ3) is 2.67. The van der Waals surface area contributed by atoms with E-state index >= 15 is 0 Å². The Morgan fingerprint density at radius 1 is 1.30 bits per heavy atom. The molecule has 158 valence electrons. The average Bonchev–Trinajstić information content (AvgIpc) is 3.42. The van der Waals surface area contributed by atoms with Crippen molar-refractivity contribution in [1.29, 1.82) is 0 Å². The maximum atomic E-state index is 13.5. The van der Waals surface area contributed by atoms with Gasteiger partial charge in [0.2, 0.25) is 23.6 Å². The third-order valence-electron chi connectivity index (χ3n) is 6.60. The summed E-state index contributed by atoms with van der Waals surface area (Å²) in [5, 5.41) is 6.00. The Labute approximate surface area is 180 Å². The van der Waals surface area contributed by atoms with E-state index in [1.54, 1.807) is 18.2 Å². The van der Waals surface area contributed by atoms with Crippen LogP contribution in [-0.4, -0.2) is 53.8 Å². The summed E-state index contributed by atoms with van der Waals surface area (Å²) in [4.78, 5) is 53.0. The molecular weight excluding hydrogens is 456 g/mol. The molecule has 4 heterocycles. The predicted octanol–water partition coefficient (Wildman–Crippen LogP) is 0.224. The lowest BCUT2D eigenvalue weighted by molar-refractivity contribution is -0.144. The number of fused-ring (bicyclic) bond motifs is 4. The highest BCUT2D eigenvalue weighted by atomic mass is 79.9. The number of anilines is 1. The molecule has 1 aromatic carbocycles. The zero-order valence-corrected chi connectivity index (χ0v) is 17.6. The highest BCUT2D eigenvalue weighted by Gasteiger charge is 2.70. The number of nitrogens with zero attached hydrogens (tertiary/aromatic N) is 1. The minimum Gasteiger partial charge on any atom is -0.376 e. The fourth-order valence-corrected chi connectivity index (χ4v) is 5.76. The summed E-state index contributed by atoms with van der Waals surface area (Å²) in [7, 11) is 0. The molecular formula is C20H21BrN4O5. The van der Waals surface area contributed by atoms with Crippen LogP contribution in [0.2, 0.25) is 0 Å². The topological polar surface area (TPSA) is 131 Å². The number of hydrogen-bond donors (Lipinski definition) is 3. The largest absolute Gasteiger partial charge is 0.376 e. The number of nitrogens with one attached hydrogen (secondary N) is 2. The van der Waals surface area contributed by atoms with Gasteiger partial charge in [-0.2, -0.15) is 0 Å². The molecule has 4 aliphatic heterocycles. The Hall–Kier alpha value is -2.30. The number of ether oxygens (including phenoxy) is 1. The van der Waals surface area contributed by atoms with Crippen LogP contribution in [0.5, 0.6) is 0 Å². The number of benzene rings is 1. The van der Waals surface area contributed by atoms with Crippen LogP contribution in [0.1, 0.15) is 24.8 Å². The van der Waals surface area contributed by atoms with Crippen molar-refractivity contribution in [2.24, 2.45) is 17.6 Å². The minimum absolute atomic E-state index is 0.147. The number of hydrogen-bond acceptors (Lipinski definition) is 6. The second-order valence-electron chi connectivity index (χ2n) is 8.30. The average molecular weight is 477 g/mol. The van der Waals surface area contributed by atoms with Gasteiger partial charge in [-0.1, -0.05) is 15.9 Å². The van der Waals surface area contributed by atoms with Gasteiger partial charge < -0.3 is 15.8 Å². The summed E-state index contributed by atoms with van der Waals surface area (Å²) in [5.41, 5.74) is 5.16. The Balaban J connectivity index is 1.60. The molecule has 0 saturated carbocycles. The maximum absolute atomic E-state index is 13.5. The van der Waals surface area contributed by atoms with E-state index in [0.29, 0.717) is 17.9 Å². The fraction of sp³-hybridized carbons (Fsp3) is 0.500. The molecule has 30 heavy (non-hydrogen) atoms. The molecule has 0 radical (unpaired) electrons. The van der Waals surface area contributed by atoms with Crippen molar-refractivity contribution < 1.29 is 23.9 Å². The molecule has 4 amide bonds. The number of imide groups is 1. The fourth-order valence-electron chi connectivity index (χ4n) is 5.40. The van der Waals surface area contributed by atoms with Crippen LogP contribution in [0.4, 0.5) is 5.69 Å². The zero-order valence-electron chi connectivity index (χ0n) is 16.0. The SMILES string of the molecule is NC(=O)CC1NC2(C(=O)Nc3ccc(Br)cc32)C2C(=O)N(CC3CCCO3)C(=O)C12. The Morgan fingerprint density at radius 3 is 2.80 bits per heavy atom. The molecule has 9 nitrogen and oxygen atoms in total. The molecule has 1 aromatic rings. The van der Waals surface area contributed by atoms with Gasteiger partial charge in [0, 0.05) is 34.8 Å².